The van der Waals surface area contributed by atoms with Gasteiger partial charge in [0.05, 0.1) is 18.9 Å². The zero-order chi connectivity index (χ0) is 11.7. The molecule has 0 amide bonds. The SMILES string of the molecule is NC[C@@H]1OCCc2c(-c3cnoc3)cccc21. The van der Waals surface area contributed by atoms with Gasteiger partial charge in [-0.15, -0.1) is 0 Å². The third kappa shape index (κ3) is 1.75. The lowest BCUT2D eigenvalue weighted by molar-refractivity contribution is 0.0486. The van der Waals surface area contributed by atoms with E-state index in [1.165, 1.54) is 16.7 Å². The van der Waals surface area contributed by atoms with E-state index < -0.39 is 0 Å². The summed E-state index contributed by atoms with van der Waals surface area (Å²) in [6.45, 7) is 1.23. The Hall–Kier alpha value is -1.65. The molecule has 0 aliphatic carbocycles. The number of fused-ring (bicyclic) bond motifs is 1. The number of aromatic nitrogens is 1. The molecule has 0 radical (unpaired) electrons. The lowest BCUT2D eigenvalue weighted by atomic mass is 9.91. The van der Waals surface area contributed by atoms with Gasteiger partial charge in [0.1, 0.15) is 6.26 Å². The van der Waals surface area contributed by atoms with Crippen molar-refractivity contribution >= 4 is 0 Å². The predicted molar refractivity (Wildman–Crippen MR) is 63.4 cm³/mol. The summed E-state index contributed by atoms with van der Waals surface area (Å²) in [5.41, 5.74) is 10.4. The smallest absolute Gasteiger partial charge is 0.131 e. The molecule has 2 heterocycles. The van der Waals surface area contributed by atoms with Gasteiger partial charge in [-0.3, -0.25) is 0 Å². The topological polar surface area (TPSA) is 61.3 Å². The highest BCUT2D eigenvalue weighted by atomic mass is 16.5. The molecular formula is C13H14N2O2. The Balaban J connectivity index is 2.12. The van der Waals surface area contributed by atoms with Crippen LogP contribution < -0.4 is 5.73 Å². The average molecular weight is 230 g/mol. The first-order valence-corrected chi connectivity index (χ1v) is 5.73. The lowest BCUT2D eigenvalue weighted by Crippen LogP contribution is -2.23. The van der Waals surface area contributed by atoms with Gasteiger partial charge in [-0.1, -0.05) is 23.4 Å². The maximum atomic E-state index is 5.73. The second-order valence-corrected chi connectivity index (χ2v) is 4.13. The summed E-state index contributed by atoms with van der Waals surface area (Å²) in [7, 11) is 0. The fourth-order valence-electron chi connectivity index (χ4n) is 2.38. The van der Waals surface area contributed by atoms with Crippen molar-refractivity contribution in [2.24, 2.45) is 5.73 Å². The second kappa shape index (κ2) is 4.31. The Morgan fingerprint density at radius 1 is 1.41 bits per heavy atom. The van der Waals surface area contributed by atoms with Gasteiger partial charge in [-0.25, -0.2) is 0 Å². The molecular weight excluding hydrogens is 216 g/mol. The number of rotatable bonds is 2. The van der Waals surface area contributed by atoms with E-state index >= 15 is 0 Å². The summed E-state index contributed by atoms with van der Waals surface area (Å²) < 4.78 is 10.6. The highest BCUT2D eigenvalue weighted by molar-refractivity contribution is 5.67. The minimum atomic E-state index is 0.0126. The van der Waals surface area contributed by atoms with Crippen LogP contribution >= 0.6 is 0 Å². The van der Waals surface area contributed by atoms with Gasteiger partial charge in [0.2, 0.25) is 0 Å². The lowest BCUT2D eigenvalue weighted by Gasteiger charge is -2.26. The maximum Gasteiger partial charge on any atom is 0.131 e. The Morgan fingerprint density at radius 3 is 3.12 bits per heavy atom. The van der Waals surface area contributed by atoms with Crippen molar-refractivity contribution in [3.63, 3.8) is 0 Å². The molecule has 0 saturated heterocycles. The van der Waals surface area contributed by atoms with Crippen molar-refractivity contribution in [1.82, 2.24) is 5.16 Å². The monoisotopic (exact) mass is 230 g/mol. The second-order valence-electron chi connectivity index (χ2n) is 4.13. The van der Waals surface area contributed by atoms with Crippen LogP contribution in [-0.4, -0.2) is 18.3 Å². The molecule has 2 N–H and O–H groups in total. The molecule has 2 aromatic rings. The summed E-state index contributed by atoms with van der Waals surface area (Å²) in [6.07, 6.45) is 4.33. The number of nitrogens with two attached hydrogens (primary N) is 1. The molecule has 0 fully saturated rings. The number of benzene rings is 1. The third-order valence-electron chi connectivity index (χ3n) is 3.19. The summed E-state index contributed by atoms with van der Waals surface area (Å²) in [5.74, 6) is 0. The van der Waals surface area contributed by atoms with Gasteiger partial charge in [0.25, 0.3) is 0 Å². The van der Waals surface area contributed by atoms with Crippen LogP contribution in [0.5, 0.6) is 0 Å². The van der Waals surface area contributed by atoms with Crippen LogP contribution in [0.1, 0.15) is 17.2 Å². The standard InChI is InChI=1S/C13H14N2O2/c14-6-13-12-3-1-2-10(9-7-15-17-8-9)11(12)4-5-16-13/h1-3,7-8,13H,4-6,14H2/t13-/m0/s1. The van der Waals surface area contributed by atoms with Crippen molar-refractivity contribution in [3.05, 3.63) is 41.8 Å². The quantitative estimate of drug-likeness (QED) is 0.856. The first-order valence-electron chi connectivity index (χ1n) is 5.73. The molecule has 0 unspecified atom stereocenters. The average Bonchev–Trinajstić information content (AvgIpc) is 2.91. The Labute approximate surface area is 99.4 Å². The zero-order valence-corrected chi connectivity index (χ0v) is 9.43. The molecule has 0 bridgehead atoms. The molecule has 17 heavy (non-hydrogen) atoms. The zero-order valence-electron chi connectivity index (χ0n) is 9.43. The number of hydrogen-bond donors (Lipinski definition) is 1. The minimum absolute atomic E-state index is 0.0126. The molecule has 3 rings (SSSR count). The highest BCUT2D eigenvalue weighted by Crippen LogP contribution is 2.33. The first-order chi connectivity index (χ1) is 8.40. The molecule has 1 aromatic carbocycles. The largest absolute Gasteiger partial charge is 0.372 e. The molecule has 88 valence electrons. The number of hydrogen-bond acceptors (Lipinski definition) is 4. The molecule has 0 spiro atoms. The fourth-order valence-corrected chi connectivity index (χ4v) is 2.38. The normalized spacial score (nSPS) is 19.0. The van der Waals surface area contributed by atoms with Gasteiger partial charge < -0.3 is 15.0 Å². The Morgan fingerprint density at radius 2 is 2.35 bits per heavy atom. The van der Waals surface area contributed by atoms with Crippen LogP contribution in [0, 0.1) is 0 Å². The molecule has 1 aromatic heterocycles. The third-order valence-corrected chi connectivity index (χ3v) is 3.19. The van der Waals surface area contributed by atoms with E-state index in [1.54, 1.807) is 12.5 Å². The number of nitrogens with zero attached hydrogens (tertiary/aromatic N) is 1. The number of ether oxygens (including phenoxy) is 1. The van der Waals surface area contributed by atoms with E-state index in [9.17, 15) is 0 Å². The molecule has 4 nitrogen and oxygen atoms in total. The van der Waals surface area contributed by atoms with Crippen LogP contribution in [0.4, 0.5) is 0 Å². The summed E-state index contributed by atoms with van der Waals surface area (Å²) >= 11 is 0. The van der Waals surface area contributed by atoms with Crippen LogP contribution in [0.25, 0.3) is 11.1 Å². The highest BCUT2D eigenvalue weighted by Gasteiger charge is 2.22. The Bertz CT molecular complexity index is 508. The summed E-state index contributed by atoms with van der Waals surface area (Å²) in [6, 6.07) is 6.20. The maximum absolute atomic E-state index is 5.73. The van der Waals surface area contributed by atoms with Crippen LogP contribution in [0.15, 0.2) is 35.2 Å². The van der Waals surface area contributed by atoms with Crippen molar-refractivity contribution < 1.29 is 9.26 Å². The first kappa shape index (κ1) is 10.5. The van der Waals surface area contributed by atoms with Crippen LogP contribution in [-0.2, 0) is 11.2 Å². The van der Waals surface area contributed by atoms with Crippen molar-refractivity contribution in [2.45, 2.75) is 12.5 Å². The van der Waals surface area contributed by atoms with E-state index in [1.807, 2.05) is 6.07 Å². The van der Waals surface area contributed by atoms with Crippen LogP contribution in [0.2, 0.25) is 0 Å². The van der Waals surface area contributed by atoms with E-state index in [0.717, 1.165) is 18.6 Å². The molecule has 1 atom stereocenters. The van der Waals surface area contributed by atoms with Crippen molar-refractivity contribution in [2.75, 3.05) is 13.2 Å². The predicted octanol–water partition coefficient (Wildman–Crippen LogP) is 1.91. The molecule has 4 heteroatoms. The van der Waals surface area contributed by atoms with Gasteiger partial charge in [0.15, 0.2) is 0 Å². The van der Waals surface area contributed by atoms with E-state index in [-0.39, 0.29) is 6.10 Å². The molecule has 1 aliphatic rings. The van der Waals surface area contributed by atoms with Crippen molar-refractivity contribution in [1.29, 1.82) is 0 Å². The van der Waals surface area contributed by atoms with Gasteiger partial charge in [0, 0.05) is 12.1 Å². The van der Waals surface area contributed by atoms with E-state index in [4.69, 9.17) is 15.0 Å². The van der Waals surface area contributed by atoms with Crippen molar-refractivity contribution in [3.8, 4) is 11.1 Å². The van der Waals surface area contributed by atoms with Gasteiger partial charge >= 0.3 is 0 Å². The summed E-state index contributed by atoms with van der Waals surface area (Å²) in [5, 5.41) is 3.76. The summed E-state index contributed by atoms with van der Waals surface area (Å²) in [4.78, 5) is 0. The fraction of sp³-hybridized carbons (Fsp3) is 0.308. The van der Waals surface area contributed by atoms with Crippen LogP contribution in [0.3, 0.4) is 0 Å². The van der Waals surface area contributed by atoms with E-state index in [0.29, 0.717) is 6.54 Å². The van der Waals surface area contributed by atoms with E-state index in [2.05, 4.69) is 17.3 Å². The van der Waals surface area contributed by atoms with Gasteiger partial charge in [-0.05, 0) is 23.1 Å². The van der Waals surface area contributed by atoms with Gasteiger partial charge in [-0.2, -0.15) is 0 Å². The molecule has 0 saturated carbocycles. The molecule has 1 aliphatic heterocycles. The Kier molecular flexibility index (Phi) is 2.66. The minimum Gasteiger partial charge on any atom is -0.372 e.